The third-order valence-corrected chi connectivity index (χ3v) is 7.47. The van der Waals surface area contributed by atoms with Crippen LogP contribution < -0.4 is 9.47 Å². The molecule has 1 aliphatic heterocycles. The van der Waals surface area contributed by atoms with Crippen LogP contribution in [0.1, 0.15) is 80.3 Å². The van der Waals surface area contributed by atoms with E-state index in [0.29, 0.717) is 13.0 Å². The van der Waals surface area contributed by atoms with Crippen molar-refractivity contribution in [3.63, 3.8) is 0 Å². The standard InChI is InChI=1S/C33H40FNO4/c1-21-12-13-25(18-22(21)2)28-20-26(38-30-11-9-8-10-27(28)30)16-17-35(32(36)39-33(4,5)6)23(3)24-14-15-29(34)31(19-24)37-7/h8-15,18-19,23,26,28H,16-17,20H2,1-7H3/t23?,26-,28?/m0/s1. The fraction of sp³-hybridized carbons (Fsp3) is 0.424. The van der Waals surface area contributed by atoms with E-state index in [0.717, 1.165) is 17.7 Å². The van der Waals surface area contributed by atoms with Crippen LogP contribution in [0.4, 0.5) is 9.18 Å². The molecule has 3 aromatic rings. The fourth-order valence-electron chi connectivity index (χ4n) is 5.13. The normalized spacial score (nSPS) is 17.5. The summed E-state index contributed by atoms with van der Waals surface area (Å²) in [7, 11) is 1.43. The lowest BCUT2D eigenvalue weighted by molar-refractivity contribution is 0.0140. The molecular weight excluding hydrogens is 493 g/mol. The van der Waals surface area contributed by atoms with Crippen LogP contribution in [0.2, 0.25) is 0 Å². The molecule has 0 aromatic heterocycles. The summed E-state index contributed by atoms with van der Waals surface area (Å²) in [5.74, 6) is 0.793. The average Bonchev–Trinajstić information content (AvgIpc) is 2.89. The van der Waals surface area contributed by atoms with Gasteiger partial charge in [0, 0.05) is 24.4 Å². The van der Waals surface area contributed by atoms with E-state index < -0.39 is 17.5 Å². The second-order valence-corrected chi connectivity index (χ2v) is 11.4. The van der Waals surface area contributed by atoms with Crippen LogP contribution >= 0.6 is 0 Å². The molecule has 0 N–H and O–H groups in total. The fourth-order valence-corrected chi connectivity index (χ4v) is 5.13. The molecule has 3 atom stereocenters. The maximum atomic E-state index is 14.1. The number of para-hydroxylation sites is 1. The highest BCUT2D eigenvalue weighted by Crippen LogP contribution is 2.41. The number of aryl methyl sites for hydroxylation is 2. The minimum absolute atomic E-state index is 0.0913. The summed E-state index contributed by atoms with van der Waals surface area (Å²) in [6.45, 7) is 12.2. The topological polar surface area (TPSA) is 48.0 Å². The molecule has 3 aromatic carbocycles. The lowest BCUT2D eigenvalue weighted by atomic mass is 9.82. The number of hydrogen-bond acceptors (Lipinski definition) is 4. The largest absolute Gasteiger partial charge is 0.494 e. The Morgan fingerprint density at radius 1 is 1.08 bits per heavy atom. The zero-order valence-electron chi connectivity index (χ0n) is 24.1. The number of halogens is 1. The van der Waals surface area contributed by atoms with E-state index >= 15 is 0 Å². The van der Waals surface area contributed by atoms with Crippen molar-refractivity contribution in [3.8, 4) is 11.5 Å². The van der Waals surface area contributed by atoms with Crippen molar-refractivity contribution in [3.05, 3.63) is 94.3 Å². The predicted octanol–water partition coefficient (Wildman–Crippen LogP) is 8.12. The molecule has 0 radical (unpaired) electrons. The van der Waals surface area contributed by atoms with Crippen molar-refractivity contribution in [1.82, 2.24) is 4.90 Å². The Balaban J connectivity index is 1.59. The van der Waals surface area contributed by atoms with Gasteiger partial charge in [-0.2, -0.15) is 0 Å². The van der Waals surface area contributed by atoms with Gasteiger partial charge in [-0.25, -0.2) is 9.18 Å². The average molecular weight is 534 g/mol. The Morgan fingerprint density at radius 3 is 2.51 bits per heavy atom. The van der Waals surface area contributed by atoms with E-state index in [1.807, 2.05) is 39.8 Å². The molecule has 1 amide bonds. The van der Waals surface area contributed by atoms with Crippen molar-refractivity contribution in [2.75, 3.05) is 13.7 Å². The molecule has 1 heterocycles. The Labute approximate surface area is 231 Å². The zero-order valence-corrected chi connectivity index (χ0v) is 24.1. The molecule has 1 aliphatic rings. The molecule has 0 fully saturated rings. The minimum Gasteiger partial charge on any atom is -0.494 e. The van der Waals surface area contributed by atoms with Gasteiger partial charge in [0.15, 0.2) is 11.6 Å². The summed E-state index contributed by atoms with van der Waals surface area (Å²) in [4.78, 5) is 15.1. The molecule has 0 aliphatic carbocycles. The second-order valence-electron chi connectivity index (χ2n) is 11.4. The van der Waals surface area contributed by atoms with Gasteiger partial charge in [0.2, 0.25) is 0 Å². The van der Waals surface area contributed by atoms with Gasteiger partial charge in [-0.05, 0) is 88.4 Å². The second kappa shape index (κ2) is 11.7. The van der Waals surface area contributed by atoms with Gasteiger partial charge in [0.1, 0.15) is 17.5 Å². The first-order valence-corrected chi connectivity index (χ1v) is 13.6. The molecule has 5 nitrogen and oxygen atoms in total. The van der Waals surface area contributed by atoms with Crippen molar-refractivity contribution in [2.45, 2.75) is 78.0 Å². The zero-order chi connectivity index (χ0) is 28.3. The molecule has 39 heavy (non-hydrogen) atoms. The van der Waals surface area contributed by atoms with E-state index in [4.69, 9.17) is 14.2 Å². The van der Waals surface area contributed by atoms with Crippen LogP contribution in [-0.2, 0) is 4.74 Å². The van der Waals surface area contributed by atoms with Crippen LogP contribution in [0, 0.1) is 19.7 Å². The first-order chi connectivity index (χ1) is 18.5. The molecule has 0 saturated heterocycles. The molecule has 0 spiro atoms. The number of amides is 1. The SMILES string of the molecule is COc1cc(C(C)N(CC[C@H]2CC(c3ccc(C)c(C)c3)c3ccccc3O2)C(=O)OC(C)(C)C)ccc1F. The van der Waals surface area contributed by atoms with Crippen molar-refractivity contribution in [2.24, 2.45) is 0 Å². The number of benzene rings is 3. The van der Waals surface area contributed by atoms with Crippen LogP contribution in [0.3, 0.4) is 0 Å². The van der Waals surface area contributed by atoms with Gasteiger partial charge in [-0.3, -0.25) is 0 Å². The number of fused-ring (bicyclic) bond motifs is 1. The van der Waals surface area contributed by atoms with Gasteiger partial charge in [0.25, 0.3) is 0 Å². The Morgan fingerprint density at radius 2 is 1.82 bits per heavy atom. The van der Waals surface area contributed by atoms with E-state index in [-0.39, 0.29) is 23.8 Å². The minimum atomic E-state index is -0.649. The summed E-state index contributed by atoms with van der Waals surface area (Å²) in [5.41, 5.74) is 5.12. The lowest BCUT2D eigenvalue weighted by Crippen LogP contribution is -2.41. The molecule has 208 valence electrons. The molecule has 2 unspecified atom stereocenters. The van der Waals surface area contributed by atoms with Crippen LogP contribution in [0.25, 0.3) is 0 Å². The highest BCUT2D eigenvalue weighted by atomic mass is 19.1. The molecular formula is C33H40FNO4. The highest BCUT2D eigenvalue weighted by Gasteiger charge is 2.32. The number of rotatable bonds is 7. The lowest BCUT2D eigenvalue weighted by Gasteiger charge is -2.36. The summed E-state index contributed by atoms with van der Waals surface area (Å²) in [6, 6.07) is 19.2. The van der Waals surface area contributed by atoms with Crippen molar-refractivity contribution in [1.29, 1.82) is 0 Å². The first-order valence-electron chi connectivity index (χ1n) is 13.6. The maximum absolute atomic E-state index is 14.1. The summed E-state index contributed by atoms with van der Waals surface area (Å²) in [5, 5.41) is 0. The van der Waals surface area contributed by atoms with E-state index in [2.05, 4.69) is 44.2 Å². The van der Waals surface area contributed by atoms with Crippen LogP contribution in [-0.4, -0.2) is 36.4 Å². The van der Waals surface area contributed by atoms with E-state index in [9.17, 15) is 9.18 Å². The predicted molar refractivity (Wildman–Crippen MR) is 152 cm³/mol. The number of nitrogens with zero attached hydrogens (tertiary/aromatic N) is 1. The van der Waals surface area contributed by atoms with Gasteiger partial charge in [0.05, 0.1) is 13.2 Å². The van der Waals surface area contributed by atoms with Crippen LogP contribution in [0.5, 0.6) is 11.5 Å². The van der Waals surface area contributed by atoms with Gasteiger partial charge in [-0.1, -0.05) is 42.5 Å². The quantitative estimate of drug-likeness (QED) is 0.308. The molecule has 6 heteroatoms. The third-order valence-electron chi connectivity index (χ3n) is 7.47. The Hall–Kier alpha value is -3.54. The first kappa shape index (κ1) is 28.5. The number of ether oxygens (including phenoxy) is 3. The van der Waals surface area contributed by atoms with Crippen LogP contribution in [0.15, 0.2) is 60.7 Å². The molecule has 0 saturated carbocycles. The molecule has 4 rings (SSSR count). The number of hydrogen-bond donors (Lipinski definition) is 0. The molecule has 0 bridgehead atoms. The summed E-state index contributed by atoms with van der Waals surface area (Å²) >= 11 is 0. The van der Waals surface area contributed by atoms with Gasteiger partial charge >= 0.3 is 6.09 Å². The number of methoxy groups -OCH3 is 1. The monoisotopic (exact) mass is 533 g/mol. The van der Waals surface area contributed by atoms with E-state index in [1.165, 1.54) is 35.4 Å². The Kier molecular flexibility index (Phi) is 8.53. The van der Waals surface area contributed by atoms with Crippen molar-refractivity contribution < 1.29 is 23.4 Å². The van der Waals surface area contributed by atoms with Crippen molar-refractivity contribution >= 4 is 6.09 Å². The van der Waals surface area contributed by atoms with E-state index in [1.54, 1.807) is 17.0 Å². The summed E-state index contributed by atoms with van der Waals surface area (Å²) in [6.07, 6.45) is 0.921. The highest BCUT2D eigenvalue weighted by molar-refractivity contribution is 5.69. The smallest absolute Gasteiger partial charge is 0.410 e. The third kappa shape index (κ3) is 6.73. The Bertz CT molecular complexity index is 1320. The summed E-state index contributed by atoms with van der Waals surface area (Å²) < 4.78 is 31.5. The van der Waals surface area contributed by atoms with Gasteiger partial charge < -0.3 is 19.1 Å². The number of carbonyl (C=O) groups is 1. The maximum Gasteiger partial charge on any atom is 0.410 e. The van der Waals surface area contributed by atoms with Gasteiger partial charge in [-0.15, -0.1) is 0 Å². The number of carbonyl (C=O) groups excluding carboxylic acids is 1.